The largest absolute Gasteiger partial charge is 0.454 e. The van der Waals surface area contributed by atoms with Crippen LogP contribution in [0.3, 0.4) is 0 Å². The Labute approximate surface area is 187 Å². The van der Waals surface area contributed by atoms with Gasteiger partial charge in [0.05, 0.1) is 17.2 Å². The van der Waals surface area contributed by atoms with E-state index in [1.54, 1.807) is 0 Å². The Bertz CT molecular complexity index is 1250. The lowest BCUT2D eigenvalue weighted by Crippen LogP contribution is -2.46. The van der Waals surface area contributed by atoms with Crippen molar-refractivity contribution in [1.82, 2.24) is 14.9 Å². The molecule has 3 heterocycles. The molecule has 0 bridgehead atoms. The van der Waals surface area contributed by atoms with E-state index in [1.807, 2.05) is 18.3 Å². The van der Waals surface area contributed by atoms with Crippen LogP contribution >= 0.6 is 0 Å². The maximum atomic E-state index is 5.51. The molecule has 6 rings (SSSR count). The van der Waals surface area contributed by atoms with Gasteiger partial charge in [-0.05, 0) is 41.0 Å². The van der Waals surface area contributed by atoms with Crippen LogP contribution in [0.15, 0.2) is 72.9 Å². The van der Waals surface area contributed by atoms with Crippen molar-refractivity contribution in [2.45, 2.75) is 6.54 Å². The van der Waals surface area contributed by atoms with E-state index in [9.17, 15) is 0 Å². The van der Waals surface area contributed by atoms with Crippen molar-refractivity contribution in [3.8, 4) is 22.6 Å². The molecule has 4 aromatic rings. The molecule has 0 amide bonds. The molecule has 3 aromatic carbocycles. The monoisotopic (exact) mass is 424 g/mol. The number of hydrogen-bond donors (Lipinski definition) is 0. The summed E-state index contributed by atoms with van der Waals surface area (Å²) in [5.41, 5.74) is 5.47. The fourth-order valence-corrected chi connectivity index (χ4v) is 4.40. The van der Waals surface area contributed by atoms with Gasteiger partial charge in [-0.15, -0.1) is 0 Å². The highest BCUT2D eigenvalue weighted by Crippen LogP contribution is 2.33. The highest BCUT2D eigenvalue weighted by atomic mass is 16.7. The number of fused-ring (bicyclic) bond motifs is 2. The Kier molecular flexibility index (Phi) is 4.85. The molecule has 2 aliphatic rings. The van der Waals surface area contributed by atoms with Crippen LogP contribution in [0, 0.1) is 0 Å². The standard InChI is InChI=1S/C26H24N4O2/c1-2-4-20(5-3-1)21-7-8-22-23(15-21)28-26(16-27-22)30-12-10-29(11-13-30)17-19-6-9-24-25(14-19)32-18-31-24/h1-9,14-16H,10-13,17-18H2. The molecule has 0 saturated carbocycles. The Hall–Kier alpha value is -3.64. The molecule has 160 valence electrons. The molecule has 1 fully saturated rings. The van der Waals surface area contributed by atoms with Crippen molar-refractivity contribution in [1.29, 1.82) is 0 Å². The number of nitrogens with zero attached hydrogens (tertiary/aromatic N) is 4. The normalized spacial score (nSPS) is 15.9. The van der Waals surface area contributed by atoms with Crippen LogP contribution in [0.1, 0.15) is 5.56 Å². The molecule has 1 saturated heterocycles. The molecule has 6 heteroatoms. The molecule has 0 aliphatic carbocycles. The van der Waals surface area contributed by atoms with Crippen molar-refractivity contribution in [3.63, 3.8) is 0 Å². The maximum Gasteiger partial charge on any atom is 0.231 e. The van der Waals surface area contributed by atoms with Crippen molar-refractivity contribution in [2.24, 2.45) is 0 Å². The summed E-state index contributed by atoms with van der Waals surface area (Å²) >= 11 is 0. The predicted molar refractivity (Wildman–Crippen MR) is 125 cm³/mol. The summed E-state index contributed by atoms with van der Waals surface area (Å²) < 4.78 is 10.9. The molecule has 0 spiro atoms. The number of hydrogen-bond acceptors (Lipinski definition) is 6. The van der Waals surface area contributed by atoms with Crippen molar-refractivity contribution >= 4 is 16.9 Å². The van der Waals surface area contributed by atoms with E-state index in [0.717, 1.165) is 66.6 Å². The first-order chi connectivity index (χ1) is 15.8. The average molecular weight is 425 g/mol. The van der Waals surface area contributed by atoms with Gasteiger partial charge in [0, 0.05) is 32.7 Å². The molecule has 0 N–H and O–H groups in total. The minimum atomic E-state index is 0.317. The third kappa shape index (κ3) is 3.74. The van der Waals surface area contributed by atoms with E-state index in [4.69, 9.17) is 14.5 Å². The zero-order valence-electron chi connectivity index (χ0n) is 17.8. The zero-order valence-corrected chi connectivity index (χ0v) is 17.8. The van der Waals surface area contributed by atoms with Crippen molar-refractivity contribution in [3.05, 3.63) is 78.5 Å². The van der Waals surface area contributed by atoms with E-state index in [2.05, 4.69) is 69.4 Å². The molecule has 0 unspecified atom stereocenters. The Balaban J connectivity index is 1.15. The molecule has 1 aromatic heterocycles. The molecule has 2 aliphatic heterocycles. The van der Waals surface area contributed by atoms with E-state index in [1.165, 1.54) is 11.1 Å². The van der Waals surface area contributed by atoms with Gasteiger partial charge in [0.1, 0.15) is 5.82 Å². The highest BCUT2D eigenvalue weighted by Gasteiger charge is 2.20. The topological polar surface area (TPSA) is 50.7 Å². The fourth-order valence-electron chi connectivity index (χ4n) is 4.40. The van der Waals surface area contributed by atoms with Crippen molar-refractivity contribution in [2.75, 3.05) is 37.9 Å². The lowest BCUT2D eigenvalue weighted by molar-refractivity contribution is 0.174. The Morgan fingerprint density at radius 3 is 2.47 bits per heavy atom. The SMILES string of the molecule is c1ccc(-c2ccc3ncc(N4CCN(Cc5ccc6c(c5)OCO6)CC4)nc3c2)cc1. The zero-order chi connectivity index (χ0) is 21.3. The van der Waals surface area contributed by atoms with Gasteiger partial charge in [-0.1, -0.05) is 42.5 Å². The van der Waals surface area contributed by atoms with E-state index >= 15 is 0 Å². The van der Waals surface area contributed by atoms with E-state index in [0.29, 0.717) is 6.79 Å². The predicted octanol–water partition coefficient (Wildman–Crippen LogP) is 4.35. The molecular weight excluding hydrogens is 400 g/mol. The minimum absolute atomic E-state index is 0.317. The van der Waals surface area contributed by atoms with Gasteiger partial charge in [-0.25, -0.2) is 4.98 Å². The van der Waals surface area contributed by atoms with Gasteiger partial charge in [-0.2, -0.15) is 0 Å². The van der Waals surface area contributed by atoms with Gasteiger partial charge < -0.3 is 14.4 Å². The first-order valence-electron chi connectivity index (χ1n) is 11.0. The Morgan fingerprint density at radius 2 is 1.59 bits per heavy atom. The number of ether oxygens (including phenoxy) is 2. The highest BCUT2D eigenvalue weighted by molar-refractivity contribution is 5.82. The second-order valence-corrected chi connectivity index (χ2v) is 8.25. The molecule has 32 heavy (non-hydrogen) atoms. The second kappa shape index (κ2) is 8.13. The molecule has 6 nitrogen and oxygen atoms in total. The van der Waals surface area contributed by atoms with Crippen molar-refractivity contribution < 1.29 is 9.47 Å². The lowest BCUT2D eigenvalue weighted by atomic mass is 10.1. The summed E-state index contributed by atoms with van der Waals surface area (Å²) in [7, 11) is 0. The van der Waals surface area contributed by atoms with Crippen LogP contribution in [-0.4, -0.2) is 47.8 Å². The number of anilines is 1. The van der Waals surface area contributed by atoms with E-state index < -0.39 is 0 Å². The van der Waals surface area contributed by atoms with Crippen LogP contribution in [-0.2, 0) is 6.54 Å². The average Bonchev–Trinajstić information content (AvgIpc) is 3.32. The summed E-state index contributed by atoms with van der Waals surface area (Å²) in [4.78, 5) is 14.4. The minimum Gasteiger partial charge on any atom is -0.454 e. The first-order valence-corrected chi connectivity index (χ1v) is 11.0. The van der Waals surface area contributed by atoms with Crippen LogP contribution in [0.4, 0.5) is 5.82 Å². The van der Waals surface area contributed by atoms with Gasteiger partial charge >= 0.3 is 0 Å². The van der Waals surface area contributed by atoms with Gasteiger partial charge in [0.2, 0.25) is 6.79 Å². The fraction of sp³-hybridized carbons (Fsp3) is 0.231. The molecule has 0 radical (unpaired) electrons. The number of rotatable bonds is 4. The van der Waals surface area contributed by atoms with Gasteiger partial charge in [0.15, 0.2) is 11.5 Å². The molecular formula is C26H24N4O2. The first kappa shape index (κ1) is 19.1. The quantitative estimate of drug-likeness (QED) is 0.486. The van der Waals surface area contributed by atoms with Crippen LogP contribution in [0.5, 0.6) is 11.5 Å². The van der Waals surface area contributed by atoms with Crippen LogP contribution in [0.25, 0.3) is 22.2 Å². The number of benzene rings is 3. The third-order valence-electron chi connectivity index (χ3n) is 6.18. The maximum absolute atomic E-state index is 5.51. The summed E-state index contributed by atoms with van der Waals surface area (Å²) in [5, 5.41) is 0. The number of aromatic nitrogens is 2. The lowest BCUT2D eigenvalue weighted by Gasteiger charge is -2.35. The summed E-state index contributed by atoms with van der Waals surface area (Å²) in [5.74, 6) is 2.64. The van der Waals surface area contributed by atoms with E-state index in [-0.39, 0.29) is 0 Å². The summed E-state index contributed by atoms with van der Waals surface area (Å²) in [6.07, 6.45) is 1.90. The Morgan fingerprint density at radius 1 is 0.750 bits per heavy atom. The smallest absolute Gasteiger partial charge is 0.231 e. The second-order valence-electron chi connectivity index (χ2n) is 8.25. The number of piperazine rings is 1. The summed E-state index contributed by atoms with van der Waals surface area (Å²) in [6.45, 7) is 5.06. The van der Waals surface area contributed by atoms with Gasteiger partial charge in [0.25, 0.3) is 0 Å². The molecule has 0 atom stereocenters. The summed E-state index contributed by atoms with van der Waals surface area (Å²) in [6, 6.07) is 22.9. The third-order valence-corrected chi connectivity index (χ3v) is 6.18. The van der Waals surface area contributed by atoms with Crippen LogP contribution in [0.2, 0.25) is 0 Å². The van der Waals surface area contributed by atoms with Crippen LogP contribution < -0.4 is 14.4 Å². The van der Waals surface area contributed by atoms with Gasteiger partial charge in [-0.3, -0.25) is 9.88 Å².